The van der Waals surface area contributed by atoms with Crippen molar-refractivity contribution in [3.05, 3.63) is 23.5 Å². The van der Waals surface area contributed by atoms with Crippen LogP contribution in [-0.4, -0.2) is 46.1 Å². The van der Waals surface area contributed by atoms with Gasteiger partial charge in [0.2, 0.25) is 5.91 Å². The van der Waals surface area contributed by atoms with Crippen molar-refractivity contribution in [3.8, 4) is 0 Å². The van der Waals surface area contributed by atoms with Crippen LogP contribution in [0.15, 0.2) is 18.3 Å². The number of likely N-dealkylation sites (tertiary alicyclic amines) is 1. The average molecular weight is 284 g/mol. The molecule has 1 aromatic rings. The Morgan fingerprint density at radius 1 is 1.63 bits per heavy atom. The van der Waals surface area contributed by atoms with Gasteiger partial charge in [0.15, 0.2) is 5.15 Å². The molecule has 0 unspecified atom stereocenters. The molecule has 2 heterocycles. The van der Waals surface area contributed by atoms with Crippen LogP contribution in [0.5, 0.6) is 0 Å². The van der Waals surface area contributed by atoms with Crippen molar-refractivity contribution in [1.29, 1.82) is 0 Å². The van der Waals surface area contributed by atoms with E-state index in [-0.39, 0.29) is 23.5 Å². The van der Waals surface area contributed by atoms with Gasteiger partial charge in [0, 0.05) is 19.3 Å². The summed E-state index contributed by atoms with van der Waals surface area (Å²) in [6.07, 6.45) is 1.57. The molecule has 19 heavy (non-hydrogen) atoms. The minimum Gasteiger partial charge on any atom is -0.387 e. The molecule has 1 aliphatic rings. The highest BCUT2D eigenvalue weighted by Gasteiger charge is 2.43. The van der Waals surface area contributed by atoms with Crippen molar-refractivity contribution in [3.63, 3.8) is 0 Å². The van der Waals surface area contributed by atoms with Gasteiger partial charge >= 0.3 is 0 Å². The normalized spacial score (nSPS) is 18.2. The first-order chi connectivity index (χ1) is 8.90. The zero-order valence-corrected chi connectivity index (χ0v) is 11.8. The van der Waals surface area contributed by atoms with Crippen molar-refractivity contribution in [1.82, 2.24) is 9.88 Å². The predicted molar refractivity (Wildman–Crippen MR) is 74.1 cm³/mol. The molecule has 1 fully saturated rings. The van der Waals surface area contributed by atoms with Crippen LogP contribution in [0.2, 0.25) is 5.15 Å². The molecular formula is C13H18ClN3O2. The topological polar surface area (TPSA) is 65.5 Å². The zero-order chi connectivity index (χ0) is 14.0. The quantitative estimate of drug-likeness (QED) is 0.820. The highest BCUT2D eigenvalue weighted by atomic mass is 35.5. The number of pyridine rings is 1. The van der Waals surface area contributed by atoms with Crippen molar-refractivity contribution in [2.24, 2.45) is 5.92 Å². The van der Waals surface area contributed by atoms with Crippen LogP contribution in [0.1, 0.15) is 13.8 Å². The molecule has 0 saturated carbocycles. The van der Waals surface area contributed by atoms with E-state index in [2.05, 4.69) is 10.3 Å². The van der Waals surface area contributed by atoms with Crippen LogP contribution < -0.4 is 5.32 Å². The number of halogens is 1. The molecule has 5 nitrogen and oxygen atoms in total. The average Bonchev–Trinajstić information content (AvgIpc) is 2.29. The second kappa shape index (κ2) is 5.45. The third-order valence-electron chi connectivity index (χ3n) is 3.47. The van der Waals surface area contributed by atoms with Crippen LogP contribution >= 0.6 is 11.6 Å². The number of hydrogen-bond donors (Lipinski definition) is 2. The fourth-order valence-electron chi connectivity index (χ4n) is 2.08. The number of aromatic nitrogens is 1. The van der Waals surface area contributed by atoms with E-state index in [0.717, 1.165) is 0 Å². The van der Waals surface area contributed by atoms with Gasteiger partial charge in [-0.3, -0.25) is 9.69 Å². The lowest BCUT2D eigenvalue weighted by molar-refractivity contribution is -0.139. The molecule has 1 saturated heterocycles. The van der Waals surface area contributed by atoms with E-state index < -0.39 is 5.60 Å². The zero-order valence-electron chi connectivity index (χ0n) is 11.1. The Kier molecular flexibility index (Phi) is 4.08. The summed E-state index contributed by atoms with van der Waals surface area (Å²) in [6, 6.07) is 3.41. The maximum atomic E-state index is 11.8. The largest absolute Gasteiger partial charge is 0.387 e. The van der Waals surface area contributed by atoms with Crippen molar-refractivity contribution in [2.75, 3.05) is 25.0 Å². The molecule has 1 amide bonds. The van der Waals surface area contributed by atoms with Gasteiger partial charge in [-0.05, 0) is 18.1 Å². The van der Waals surface area contributed by atoms with Crippen LogP contribution in [0, 0.1) is 5.92 Å². The number of nitrogens with one attached hydrogen (secondary N) is 1. The number of hydrogen-bond acceptors (Lipinski definition) is 4. The maximum Gasteiger partial charge on any atom is 0.238 e. The van der Waals surface area contributed by atoms with E-state index in [1.807, 2.05) is 18.7 Å². The number of aliphatic hydroxyl groups is 1. The molecule has 1 aliphatic heterocycles. The Balaban J connectivity index is 1.83. The van der Waals surface area contributed by atoms with Gasteiger partial charge in [-0.15, -0.1) is 0 Å². The molecule has 0 spiro atoms. The predicted octanol–water partition coefficient (Wildman–Crippen LogP) is 1.38. The van der Waals surface area contributed by atoms with Crippen LogP contribution in [0.4, 0.5) is 5.69 Å². The lowest BCUT2D eigenvalue weighted by Gasteiger charge is -2.48. The smallest absolute Gasteiger partial charge is 0.238 e. The fraction of sp³-hybridized carbons (Fsp3) is 0.538. The number of rotatable bonds is 4. The standard InChI is InChI=1S/C13H18ClN3O2/c1-9(2)13(19)7-17(8-13)6-11(18)16-10-4-3-5-15-12(10)14/h3-5,9,19H,6-8H2,1-2H3,(H,16,18). The molecule has 0 radical (unpaired) electrons. The van der Waals surface area contributed by atoms with Gasteiger partial charge in [0.05, 0.1) is 17.8 Å². The van der Waals surface area contributed by atoms with Crippen molar-refractivity contribution in [2.45, 2.75) is 19.4 Å². The van der Waals surface area contributed by atoms with E-state index in [1.165, 1.54) is 0 Å². The first kappa shape index (κ1) is 14.2. The summed E-state index contributed by atoms with van der Waals surface area (Å²) < 4.78 is 0. The minimum atomic E-state index is -0.660. The van der Waals surface area contributed by atoms with Gasteiger partial charge in [0.1, 0.15) is 0 Å². The molecule has 0 aromatic carbocycles. The molecule has 2 rings (SSSR count). The van der Waals surface area contributed by atoms with E-state index in [4.69, 9.17) is 11.6 Å². The number of anilines is 1. The monoisotopic (exact) mass is 283 g/mol. The molecule has 0 atom stereocenters. The van der Waals surface area contributed by atoms with E-state index in [0.29, 0.717) is 18.8 Å². The fourth-order valence-corrected chi connectivity index (χ4v) is 2.24. The lowest BCUT2D eigenvalue weighted by atomic mass is 9.83. The first-order valence-electron chi connectivity index (χ1n) is 6.26. The van der Waals surface area contributed by atoms with Gasteiger partial charge in [-0.25, -0.2) is 4.98 Å². The summed E-state index contributed by atoms with van der Waals surface area (Å²) in [7, 11) is 0. The highest BCUT2D eigenvalue weighted by Crippen LogP contribution is 2.28. The molecule has 0 bridgehead atoms. The second-order valence-corrected chi connectivity index (χ2v) is 5.65. The Morgan fingerprint density at radius 3 is 2.89 bits per heavy atom. The van der Waals surface area contributed by atoms with Crippen LogP contribution in [0.3, 0.4) is 0 Å². The number of nitrogens with zero attached hydrogens (tertiary/aromatic N) is 2. The van der Waals surface area contributed by atoms with Crippen LogP contribution in [-0.2, 0) is 4.79 Å². The number of β-amino-alcohol motifs (C(OH)–C–C–N with tert-alkyl or cyclic N) is 1. The third kappa shape index (κ3) is 3.23. The molecule has 6 heteroatoms. The number of carbonyl (C=O) groups excluding carboxylic acids is 1. The SMILES string of the molecule is CC(C)C1(O)CN(CC(=O)Nc2cccnc2Cl)C1. The van der Waals surface area contributed by atoms with Crippen molar-refractivity contribution >= 4 is 23.2 Å². The van der Waals surface area contributed by atoms with Gasteiger partial charge in [0.25, 0.3) is 0 Å². The molecule has 1 aromatic heterocycles. The molecule has 2 N–H and O–H groups in total. The third-order valence-corrected chi connectivity index (χ3v) is 3.77. The lowest BCUT2D eigenvalue weighted by Crippen LogP contribution is -2.65. The Morgan fingerprint density at radius 2 is 2.32 bits per heavy atom. The molecule has 104 valence electrons. The second-order valence-electron chi connectivity index (χ2n) is 5.29. The summed E-state index contributed by atoms with van der Waals surface area (Å²) in [6.45, 7) is 5.26. The Labute approximate surface area is 117 Å². The summed E-state index contributed by atoms with van der Waals surface area (Å²) in [5, 5.41) is 13.1. The summed E-state index contributed by atoms with van der Waals surface area (Å²) >= 11 is 5.86. The number of carbonyl (C=O) groups is 1. The molecule has 0 aliphatic carbocycles. The van der Waals surface area contributed by atoms with Gasteiger partial charge in [-0.2, -0.15) is 0 Å². The summed E-state index contributed by atoms with van der Waals surface area (Å²) in [5.41, 5.74) is -0.152. The maximum absolute atomic E-state index is 11.8. The summed E-state index contributed by atoms with van der Waals surface area (Å²) in [4.78, 5) is 17.6. The molecular weight excluding hydrogens is 266 g/mol. The van der Waals surface area contributed by atoms with E-state index in [1.54, 1.807) is 18.3 Å². The van der Waals surface area contributed by atoms with Crippen LogP contribution in [0.25, 0.3) is 0 Å². The number of amides is 1. The highest BCUT2D eigenvalue weighted by molar-refractivity contribution is 6.32. The van der Waals surface area contributed by atoms with E-state index >= 15 is 0 Å². The van der Waals surface area contributed by atoms with E-state index in [9.17, 15) is 9.90 Å². The summed E-state index contributed by atoms with van der Waals surface area (Å²) in [5.74, 6) is 0.0419. The Hall–Kier alpha value is -1.17. The minimum absolute atomic E-state index is 0.152. The Bertz CT molecular complexity index is 473. The van der Waals surface area contributed by atoms with Crippen molar-refractivity contribution < 1.29 is 9.90 Å². The first-order valence-corrected chi connectivity index (χ1v) is 6.63. The van der Waals surface area contributed by atoms with Gasteiger partial charge < -0.3 is 10.4 Å². The van der Waals surface area contributed by atoms with Gasteiger partial charge in [-0.1, -0.05) is 25.4 Å².